The van der Waals surface area contributed by atoms with Crippen LogP contribution in [0.4, 0.5) is 0 Å². The van der Waals surface area contributed by atoms with Crippen LogP contribution < -0.4 is 0 Å². The average Bonchev–Trinajstić information content (AvgIpc) is 2.16. The zero-order valence-electron chi connectivity index (χ0n) is 10.8. The summed E-state index contributed by atoms with van der Waals surface area (Å²) in [6.07, 6.45) is 8.65. The highest BCUT2D eigenvalue weighted by atomic mass is 14.4. The summed E-state index contributed by atoms with van der Waals surface area (Å²) in [5.74, 6) is 0.966. The highest BCUT2D eigenvalue weighted by Gasteiger charge is 2.36. The van der Waals surface area contributed by atoms with E-state index in [9.17, 15) is 0 Å². The number of hydrogen-bond acceptors (Lipinski definition) is 0. The predicted molar refractivity (Wildman–Crippen MR) is 64.4 cm³/mol. The van der Waals surface area contributed by atoms with Crippen LogP contribution in [0.2, 0.25) is 0 Å². The quantitative estimate of drug-likeness (QED) is 0.581. The Morgan fingerprint density at radius 1 is 1.00 bits per heavy atom. The molecule has 84 valence electrons. The highest BCUT2D eigenvalue weighted by molar-refractivity contribution is 4.87. The Labute approximate surface area is 90.5 Å². The molecule has 1 aliphatic carbocycles. The van der Waals surface area contributed by atoms with E-state index in [0.29, 0.717) is 10.8 Å². The van der Waals surface area contributed by atoms with Gasteiger partial charge < -0.3 is 0 Å². The predicted octanol–water partition coefficient (Wildman–Crippen LogP) is 5.03. The van der Waals surface area contributed by atoms with E-state index in [1.165, 1.54) is 38.5 Å². The molecule has 0 radical (unpaired) electrons. The van der Waals surface area contributed by atoms with Crippen LogP contribution in [-0.2, 0) is 0 Å². The van der Waals surface area contributed by atoms with Gasteiger partial charge in [0.2, 0.25) is 0 Å². The summed E-state index contributed by atoms with van der Waals surface area (Å²) in [5.41, 5.74) is 1.25. The van der Waals surface area contributed by atoms with Crippen LogP contribution in [0.15, 0.2) is 0 Å². The second-order valence-corrected chi connectivity index (χ2v) is 6.35. The van der Waals surface area contributed by atoms with Gasteiger partial charge in [-0.25, -0.2) is 0 Å². The van der Waals surface area contributed by atoms with Gasteiger partial charge in [0, 0.05) is 0 Å². The van der Waals surface area contributed by atoms with Gasteiger partial charge in [0.05, 0.1) is 0 Å². The molecule has 0 heterocycles. The van der Waals surface area contributed by atoms with Gasteiger partial charge >= 0.3 is 0 Å². The van der Waals surface area contributed by atoms with Crippen LogP contribution in [0.5, 0.6) is 0 Å². The Hall–Kier alpha value is 0. The molecule has 0 aromatic rings. The molecule has 0 nitrogen and oxygen atoms in total. The third kappa shape index (κ3) is 2.52. The van der Waals surface area contributed by atoms with E-state index in [-0.39, 0.29) is 0 Å². The molecule has 0 atom stereocenters. The van der Waals surface area contributed by atoms with Gasteiger partial charge in [-0.05, 0) is 42.4 Å². The van der Waals surface area contributed by atoms with Crippen molar-refractivity contribution < 1.29 is 0 Å². The molecule has 0 amide bonds. The van der Waals surface area contributed by atoms with Crippen LogP contribution in [-0.4, -0.2) is 0 Å². The van der Waals surface area contributed by atoms with Crippen LogP contribution in [0.25, 0.3) is 0 Å². The lowest BCUT2D eigenvalue weighted by Crippen LogP contribution is -2.31. The van der Waals surface area contributed by atoms with E-state index in [2.05, 4.69) is 34.6 Å². The SMILES string of the molecule is CCC1(CC)CCC(C(C)(C)C)CC1. The summed E-state index contributed by atoms with van der Waals surface area (Å²) in [5, 5.41) is 0. The van der Waals surface area contributed by atoms with Crippen molar-refractivity contribution in [2.75, 3.05) is 0 Å². The van der Waals surface area contributed by atoms with E-state index in [4.69, 9.17) is 0 Å². The topological polar surface area (TPSA) is 0 Å². The minimum absolute atomic E-state index is 0.535. The van der Waals surface area contributed by atoms with E-state index in [0.717, 1.165) is 5.92 Å². The van der Waals surface area contributed by atoms with E-state index in [1.807, 2.05) is 0 Å². The second kappa shape index (κ2) is 4.24. The van der Waals surface area contributed by atoms with Crippen LogP contribution in [0.1, 0.15) is 73.1 Å². The van der Waals surface area contributed by atoms with Crippen molar-refractivity contribution in [1.82, 2.24) is 0 Å². The first-order valence-corrected chi connectivity index (χ1v) is 6.43. The Kier molecular flexibility index (Phi) is 3.66. The van der Waals surface area contributed by atoms with Crippen molar-refractivity contribution in [3.05, 3.63) is 0 Å². The molecule has 0 unspecified atom stereocenters. The highest BCUT2D eigenvalue weighted by Crippen LogP contribution is 2.48. The van der Waals surface area contributed by atoms with Crippen molar-refractivity contribution in [3.63, 3.8) is 0 Å². The van der Waals surface area contributed by atoms with Crippen LogP contribution in [0, 0.1) is 16.7 Å². The number of hydrogen-bond donors (Lipinski definition) is 0. The number of rotatable bonds is 2. The van der Waals surface area contributed by atoms with E-state index in [1.54, 1.807) is 0 Å². The van der Waals surface area contributed by atoms with Crippen molar-refractivity contribution in [3.8, 4) is 0 Å². The van der Waals surface area contributed by atoms with Crippen molar-refractivity contribution in [2.24, 2.45) is 16.7 Å². The molecule has 0 bridgehead atoms. The first-order chi connectivity index (χ1) is 6.43. The zero-order chi connectivity index (χ0) is 10.8. The molecule has 0 N–H and O–H groups in total. The molecule has 1 saturated carbocycles. The second-order valence-electron chi connectivity index (χ2n) is 6.35. The van der Waals surface area contributed by atoms with E-state index < -0.39 is 0 Å². The molecule has 14 heavy (non-hydrogen) atoms. The van der Waals surface area contributed by atoms with Gasteiger partial charge in [-0.15, -0.1) is 0 Å². The van der Waals surface area contributed by atoms with Gasteiger partial charge in [0.25, 0.3) is 0 Å². The molecule has 0 spiro atoms. The van der Waals surface area contributed by atoms with Gasteiger partial charge in [0.15, 0.2) is 0 Å². The van der Waals surface area contributed by atoms with Crippen molar-refractivity contribution in [1.29, 1.82) is 0 Å². The van der Waals surface area contributed by atoms with Crippen molar-refractivity contribution in [2.45, 2.75) is 73.1 Å². The normalized spacial score (nSPS) is 23.8. The maximum atomic E-state index is 2.41. The molecular formula is C14H28. The van der Waals surface area contributed by atoms with Gasteiger partial charge in [0.1, 0.15) is 0 Å². The smallest absolute Gasteiger partial charge is 0.0302 e. The summed E-state index contributed by atoms with van der Waals surface area (Å²) < 4.78 is 0. The summed E-state index contributed by atoms with van der Waals surface area (Å²) in [7, 11) is 0. The molecular weight excluding hydrogens is 168 g/mol. The third-order valence-corrected chi connectivity index (χ3v) is 4.77. The molecule has 0 heteroatoms. The van der Waals surface area contributed by atoms with Crippen LogP contribution >= 0.6 is 0 Å². The minimum atomic E-state index is 0.535. The summed E-state index contributed by atoms with van der Waals surface area (Å²) in [4.78, 5) is 0. The molecule has 1 rings (SSSR count). The molecule has 0 saturated heterocycles. The van der Waals surface area contributed by atoms with E-state index >= 15 is 0 Å². The fourth-order valence-corrected chi connectivity index (χ4v) is 3.05. The lowest BCUT2D eigenvalue weighted by molar-refractivity contribution is 0.0810. The third-order valence-electron chi connectivity index (χ3n) is 4.77. The summed E-state index contributed by atoms with van der Waals surface area (Å²) in [6.45, 7) is 12.0. The molecule has 0 aliphatic heterocycles. The monoisotopic (exact) mass is 196 g/mol. The largest absolute Gasteiger partial charge is 0.0649 e. The summed E-state index contributed by atoms with van der Waals surface area (Å²) >= 11 is 0. The Morgan fingerprint density at radius 2 is 1.43 bits per heavy atom. The molecule has 1 aliphatic rings. The first kappa shape index (κ1) is 12.1. The average molecular weight is 196 g/mol. The fourth-order valence-electron chi connectivity index (χ4n) is 3.05. The maximum absolute atomic E-state index is 2.41. The van der Waals surface area contributed by atoms with Gasteiger partial charge in [-0.2, -0.15) is 0 Å². The van der Waals surface area contributed by atoms with Crippen molar-refractivity contribution >= 4 is 0 Å². The van der Waals surface area contributed by atoms with Gasteiger partial charge in [-0.3, -0.25) is 0 Å². The Morgan fingerprint density at radius 3 is 1.71 bits per heavy atom. The summed E-state index contributed by atoms with van der Waals surface area (Å²) in [6, 6.07) is 0. The van der Waals surface area contributed by atoms with Gasteiger partial charge in [-0.1, -0.05) is 47.5 Å². The Balaban J connectivity index is 2.53. The maximum Gasteiger partial charge on any atom is -0.0302 e. The zero-order valence-corrected chi connectivity index (χ0v) is 10.8. The fraction of sp³-hybridized carbons (Fsp3) is 1.00. The Bertz CT molecular complexity index is 159. The molecule has 0 aromatic carbocycles. The lowest BCUT2D eigenvalue weighted by Gasteiger charge is -2.43. The lowest BCUT2D eigenvalue weighted by atomic mass is 9.62. The standard InChI is InChI=1S/C14H28/c1-6-14(7-2)10-8-12(9-11-14)13(3,4)5/h12H,6-11H2,1-5H3. The van der Waals surface area contributed by atoms with Crippen LogP contribution in [0.3, 0.4) is 0 Å². The minimum Gasteiger partial charge on any atom is -0.0649 e. The molecule has 1 fully saturated rings. The molecule has 0 aromatic heterocycles. The first-order valence-electron chi connectivity index (χ1n) is 6.43.